The average molecular weight is 261 g/mol. The largest absolute Gasteiger partial charge is 0.315 e. The standard InChI is InChI=1S/C11H23N3O2S/c1-11(2,3)13-17(15,16)14-6-4-5-9-7-12-8-10(9)14/h9-10,12-13H,4-8H2,1-3H3. The first-order valence-corrected chi connectivity index (χ1v) is 7.75. The molecule has 0 spiro atoms. The molecule has 0 radical (unpaired) electrons. The predicted octanol–water partition coefficient (Wildman–Crippen LogP) is 0.303. The first-order chi connectivity index (χ1) is 7.80. The Kier molecular flexibility index (Phi) is 3.51. The summed E-state index contributed by atoms with van der Waals surface area (Å²) >= 11 is 0. The smallest absolute Gasteiger partial charge is 0.280 e. The molecule has 2 heterocycles. The highest BCUT2D eigenvalue weighted by Gasteiger charge is 2.41. The summed E-state index contributed by atoms with van der Waals surface area (Å²) in [5.41, 5.74) is -0.419. The molecule has 2 rings (SSSR count). The van der Waals surface area contributed by atoms with Crippen molar-refractivity contribution in [1.82, 2.24) is 14.3 Å². The molecule has 0 saturated carbocycles. The maximum absolute atomic E-state index is 12.3. The average Bonchev–Trinajstić information content (AvgIpc) is 2.60. The van der Waals surface area contributed by atoms with Crippen LogP contribution >= 0.6 is 0 Å². The van der Waals surface area contributed by atoms with E-state index in [-0.39, 0.29) is 6.04 Å². The van der Waals surface area contributed by atoms with Crippen LogP contribution in [0.15, 0.2) is 0 Å². The molecule has 0 aromatic carbocycles. The Hall–Kier alpha value is -0.170. The van der Waals surface area contributed by atoms with Crippen LogP contribution in [0.3, 0.4) is 0 Å². The van der Waals surface area contributed by atoms with E-state index >= 15 is 0 Å². The van der Waals surface area contributed by atoms with Gasteiger partial charge in [-0.25, -0.2) is 0 Å². The molecular formula is C11H23N3O2S. The SMILES string of the molecule is CC(C)(C)NS(=O)(=O)N1CCCC2CNCC21. The molecule has 2 aliphatic rings. The van der Waals surface area contributed by atoms with E-state index in [1.54, 1.807) is 4.31 Å². The van der Waals surface area contributed by atoms with Gasteiger partial charge in [0.05, 0.1) is 0 Å². The number of nitrogens with zero attached hydrogens (tertiary/aromatic N) is 1. The first-order valence-electron chi connectivity index (χ1n) is 6.31. The highest BCUT2D eigenvalue weighted by Crippen LogP contribution is 2.28. The maximum Gasteiger partial charge on any atom is 0.280 e. The molecule has 0 bridgehead atoms. The molecular weight excluding hydrogens is 238 g/mol. The molecule has 17 heavy (non-hydrogen) atoms. The van der Waals surface area contributed by atoms with Crippen molar-refractivity contribution in [2.75, 3.05) is 19.6 Å². The highest BCUT2D eigenvalue weighted by atomic mass is 32.2. The van der Waals surface area contributed by atoms with Gasteiger partial charge in [-0.2, -0.15) is 17.4 Å². The fourth-order valence-corrected chi connectivity index (χ4v) is 4.63. The molecule has 2 N–H and O–H groups in total. The molecule has 0 aromatic rings. The molecule has 0 aromatic heterocycles. The Morgan fingerprint density at radius 2 is 2.00 bits per heavy atom. The Morgan fingerprint density at radius 1 is 1.29 bits per heavy atom. The van der Waals surface area contributed by atoms with E-state index in [0.717, 1.165) is 25.9 Å². The van der Waals surface area contributed by atoms with Crippen LogP contribution in [0.4, 0.5) is 0 Å². The first kappa shape index (κ1) is 13.3. The molecule has 0 aliphatic carbocycles. The summed E-state index contributed by atoms with van der Waals surface area (Å²) in [6, 6.07) is 0.142. The van der Waals surface area contributed by atoms with Gasteiger partial charge in [0.2, 0.25) is 0 Å². The zero-order valence-electron chi connectivity index (χ0n) is 10.9. The van der Waals surface area contributed by atoms with Crippen LogP contribution < -0.4 is 10.0 Å². The minimum atomic E-state index is -3.35. The normalized spacial score (nSPS) is 31.5. The second kappa shape index (κ2) is 4.50. The fraction of sp³-hybridized carbons (Fsp3) is 1.00. The van der Waals surface area contributed by atoms with Crippen molar-refractivity contribution in [1.29, 1.82) is 0 Å². The summed E-state index contributed by atoms with van der Waals surface area (Å²) in [6.07, 6.45) is 2.10. The molecule has 5 nitrogen and oxygen atoms in total. The summed E-state index contributed by atoms with van der Waals surface area (Å²) in [7, 11) is -3.35. The van der Waals surface area contributed by atoms with Gasteiger partial charge in [-0.15, -0.1) is 0 Å². The zero-order chi connectivity index (χ0) is 12.7. The quantitative estimate of drug-likeness (QED) is 0.752. The second-order valence-corrected chi connectivity index (χ2v) is 7.72. The second-order valence-electron chi connectivity index (χ2n) is 6.10. The Morgan fingerprint density at radius 3 is 2.65 bits per heavy atom. The van der Waals surface area contributed by atoms with Gasteiger partial charge in [0, 0.05) is 24.7 Å². The third kappa shape index (κ3) is 2.99. The Bertz CT molecular complexity index is 375. The van der Waals surface area contributed by atoms with Crippen LogP contribution in [0.2, 0.25) is 0 Å². The monoisotopic (exact) mass is 261 g/mol. The lowest BCUT2D eigenvalue weighted by molar-refractivity contribution is 0.212. The van der Waals surface area contributed by atoms with E-state index in [4.69, 9.17) is 0 Å². The van der Waals surface area contributed by atoms with E-state index in [9.17, 15) is 8.42 Å². The van der Waals surface area contributed by atoms with E-state index in [2.05, 4.69) is 10.0 Å². The lowest BCUT2D eigenvalue weighted by Gasteiger charge is -2.37. The van der Waals surface area contributed by atoms with E-state index in [1.165, 1.54) is 0 Å². The number of rotatable bonds is 2. The van der Waals surface area contributed by atoms with Gasteiger partial charge in [0.15, 0.2) is 0 Å². The number of fused-ring (bicyclic) bond motifs is 1. The summed E-state index contributed by atoms with van der Waals surface area (Å²) in [5, 5.41) is 3.30. The van der Waals surface area contributed by atoms with Crippen LogP contribution in [-0.2, 0) is 10.2 Å². The summed E-state index contributed by atoms with van der Waals surface area (Å²) in [5.74, 6) is 0.486. The summed E-state index contributed by atoms with van der Waals surface area (Å²) < 4.78 is 29.1. The van der Waals surface area contributed by atoms with Gasteiger partial charge in [-0.1, -0.05) is 0 Å². The summed E-state index contributed by atoms with van der Waals surface area (Å²) in [6.45, 7) is 8.01. The highest BCUT2D eigenvalue weighted by molar-refractivity contribution is 7.87. The third-order valence-electron chi connectivity index (χ3n) is 3.37. The molecule has 2 fully saturated rings. The van der Waals surface area contributed by atoms with Crippen molar-refractivity contribution >= 4 is 10.2 Å². The molecule has 2 atom stereocenters. The van der Waals surface area contributed by atoms with E-state index in [0.29, 0.717) is 12.5 Å². The van der Waals surface area contributed by atoms with Gasteiger partial charge in [0.25, 0.3) is 10.2 Å². The lowest BCUT2D eigenvalue weighted by atomic mass is 9.94. The van der Waals surface area contributed by atoms with Crippen LogP contribution in [0.5, 0.6) is 0 Å². The number of hydrogen-bond donors (Lipinski definition) is 2. The van der Waals surface area contributed by atoms with Crippen LogP contribution in [0, 0.1) is 5.92 Å². The van der Waals surface area contributed by atoms with Crippen LogP contribution in [0.25, 0.3) is 0 Å². The van der Waals surface area contributed by atoms with Crippen LogP contribution in [-0.4, -0.2) is 43.9 Å². The van der Waals surface area contributed by atoms with Crippen molar-refractivity contribution in [2.45, 2.75) is 45.2 Å². The topological polar surface area (TPSA) is 61.4 Å². The van der Waals surface area contributed by atoms with E-state index in [1.807, 2.05) is 20.8 Å². The number of nitrogens with one attached hydrogen (secondary N) is 2. The fourth-order valence-electron chi connectivity index (χ4n) is 2.77. The van der Waals surface area contributed by atoms with Crippen molar-refractivity contribution in [3.05, 3.63) is 0 Å². The van der Waals surface area contributed by atoms with Gasteiger partial charge < -0.3 is 5.32 Å². The number of piperidine rings is 1. The predicted molar refractivity (Wildman–Crippen MR) is 67.9 cm³/mol. The molecule has 6 heteroatoms. The van der Waals surface area contributed by atoms with E-state index < -0.39 is 15.7 Å². The lowest BCUT2D eigenvalue weighted by Crippen LogP contribution is -2.56. The van der Waals surface area contributed by atoms with Crippen LogP contribution in [0.1, 0.15) is 33.6 Å². The molecule has 2 saturated heterocycles. The molecule has 2 unspecified atom stereocenters. The van der Waals surface area contributed by atoms with Crippen molar-refractivity contribution < 1.29 is 8.42 Å². The Balaban J connectivity index is 2.15. The minimum absolute atomic E-state index is 0.142. The van der Waals surface area contributed by atoms with Crippen molar-refractivity contribution in [2.24, 2.45) is 5.92 Å². The van der Waals surface area contributed by atoms with Gasteiger partial charge in [-0.05, 0) is 46.1 Å². The van der Waals surface area contributed by atoms with Gasteiger partial charge in [0.1, 0.15) is 0 Å². The maximum atomic E-state index is 12.3. The molecule has 0 amide bonds. The van der Waals surface area contributed by atoms with Crippen molar-refractivity contribution in [3.63, 3.8) is 0 Å². The van der Waals surface area contributed by atoms with Crippen molar-refractivity contribution in [3.8, 4) is 0 Å². The Labute approximate surface area is 104 Å². The molecule has 2 aliphatic heterocycles. The van der Waals surface area contributed by atoms with Gasteiger partial charge >= 0.3 is 0 Å². The minimum Gasteiger partial charge on any atom is -0.315 e. The molecule has 100 valence electrons. The van der Waals surface area contributed by atoms with Gasteiger partial charge in [-0.3, -0.25) is 0 Å². The third-order valence-corrected chi connectivity index (χ3v) is 5.31. The number of hydrogen-bond acceptors (Lipinski definition) is 3. The zero-order valence-corrected chi connectivity index (χ0v) is 11.7. The summed E-state index contributed by atoms with van der Waals surface area (Å²) in [4.78, 5) is 0.